The molecule has 1 aliphatic rings. The van der Waals surface area contributed by atoms with Crippen molar-refractivity contribution in [3.05, 3.63) is 30.3 Å². The van der Waals surface area contributed by atoms with Crippen LogP contribution in [-0.4, -0.2) is 11.8 Å². The van der Waals surface area contributed by atoms with Crippen molar-refractivity contribution < 1.29 is 9.59 Å². The van der Waals surface area contributed by atoms with Crippen LogP contribution in [0.4, 0.5) is 5.69 Å². The van der Waals surface area contributed by atoms with E-state index in [0.29, 0.717) is 18.5 Å². The summed E-state index contributed by atoms with van der Waals surface area (Å²) < 4.78 is 0. The first kappa shape index (κ1) is 11.8. The van der Waals surface area contributed by atoms with E-state index in [0.717, 1.165) is 6.42 Å². The standard InChI is InChI=1S/C14H17NO2/c1-3-14(2)9-12(16)15(13(17)10-14)11-7-5-4-6-8-11/h4-8H,3,9-10H2,1-2H3. The topological polar surface area (TPSA) is 37.4 Å². The van der Waals surface area contributed by atoms with Crippen LogP contribution in [0, 0.1) is 5.41 Å². The minimum atomic E-state index is -0.167. The van der Waals surface area contributed by atoms with Crippen molar-refractivity contribution in [3.63, 3.8) is 0 Å². The largest absolute Gasteiger partial charge is 0.274 e. The number of carbonyl (C=O) groups is 2. The summed E-state index contributed by atoms with van der Waals surface area (Å²) in [6.45, 7) is 4.03. The minimum absolute atomic E-state index is 0.0863. The molecule has 0 atom stereocenters. The van der Waals surface area contributed by atoms with Crippen molar-refractivity contribution in [1.29, 1.82) is 0 Å². The van der Waals surface area contributed by atoms with Crippen LogP contribution in [0.1, 0.15) is 33.1 Å². The quantitative estimate of drug-likeness (QED) is 0.734. The first-order valence-electron chi connectivity index (χ1n) is 5.96. The van der Waals surface area contributed by atoms with Crippen LogP contribution in [-0.2, 0) is 9.59 Å². The highest BCUT2D eigenvalue weighted by Crippen LogP contribution is 2.36. The average Bonchev–Trinajstić information content (AvgIpc) is 2.29. The SMILES string of the molecule is CCC1(C)CC(=O)N(c2ccccc2)C(=O)C1. The molecule has 0 saturated carbocycles. The van der Waals surface area contributed by atoms with Gasteiger partial charge in [-0.15, -0.1) is 0 Å². The molecule has 2 rings (SSSR count). The Balaban J connectivity index is 2.28. The van der Waals surface area contributed by atoms with E-state index in [1.165, 1.54) is 4.90 Å². The van der Waals surface area contributed by atoms with Crippen LogP contribution in [0.25, 0.3) is 0 Å². The van der Waals surface area contributed by atoms with Gasteiger partial charge in [-0.05, 0) is 24.0 Å². The maximum absolute atomic E-state index is 12.1. The Hall–Kier alpha value is -1.64. The average molecular weight is 231 g/mol. The van der Waals surface area contributed by atoms with Crippen LogP contribution in [0.15, 0.2) is 30.3 Å². The summed E-state index contributed by atoms with van der Waals surface area (Å²) in [5.74, 6) is -0.173. The molecule has 1 aliphatic heterocycles. The van der Waals surface area contributed by atoms with Gasteiger partial charge in [-0.25, -0.2) is 0 Å². The van der Waals surface area contributed by atoms with Gasteiger partial charge in [0.2, 0.25) is 11.8 Å². The molecule has 90 valence electrons. The Bertz CT molecular complexity index is 421. The summed E-state index contributed by atoms with van der Waals surface area (Å²) in [4.78, 5) is 25.5. The van der Waals surface area contributed by atoms with Gasteiger partial charge in [0.05, 0.1) is 5.69 Å². The number of hydrogen-bond donors (Lipinski definition) is 0. The number of para-hydroxylation sites is 1. The molecular weight excluding hydrogens is 214 g/mol. The van der Waals surface area contributed by atoms with Gasteiger partial charge in [0.1, 0.15) is 0 Å². The lowest BCUT2D eigenvalue weighted by atomic mass is 9.77. The van der Waals surface area contributed by atoms with Gasteiger partial charge in [0.25, 0.3) is 0 Å². The molecule has 1 saturated heterocycles. The molecule has 0 unspecified atom stereocenters. The number of carbonyl (C=O) groups excluding carboxylic acids is 2. The molecule has 1 aromatic carbocycles. The highest BCUT2D eigenvalue weighted by atomic mass is 16.2. The van der Waals surface area contributed by atoms with Crippen LogP contribution in [0.5, 0.6) is 0 Å². The molecule has 0 bridgehead atoms. The maximum Gasteiger partial charge on any atom is 0.234 e. The summed E-state index contributed by atoms with van der Waals surface area (Å²) in [6, 6.07) is 9.14. The second kappa shape index (κ2) is 4.32. The molecule has 0 radical (unpaired) electrons. The third-order valence-corrected chi connectivity index (χ3v) is 3.52. The first-order chi connectivity index (χ1) is 8.06. The highest BCUT2D eigenvalue weighted by Gasteiger charge is 2.39. The number of hydrogen-bond acceptors (Lipinski definition) is 2. The van der Waals surface area contributed by atoms with Gasteiger partial charge < -0.3 is 0 Å². The molecule has 2 amide bonds. The second-order valence-electron chi connectivity index (χ2n) is 4.98. The fourth-order valence-corrected chi connectivity index (χ4v) is 2.20. The lowest BCUT2D eigenvalue weighted by Crippen LogP contribution is -2.47. The smallest absolute Gasteiger partial charge is 0.234 e. The highest BCUT2D eigenvalue weighted by molar-refractivity contribution is 6.16. The zero-order chi connectivity index (χ0) is 12.5. The third-order valence-electron chi connectivity index (χ3n) is 3.52. The number of nitrogens with zero attached hydrogens (tertiary/aromatic N) is 1. The lowest BCUT2D eigenvalue weighted by molar-refractivity contribution is -0.133. The van der Waals surface area contributed by atoms with Gasteiger partial charge >= 0.3 is 0 Å². The van der Waals surface area contributed by atoms with Crippen molar-refractivity contribution >= 4 is 17.5 Å². The van der Waals surface area contributed by atoms with Crippen molar-refractivity contribution in [2.75, 3.05) is 4.90 Å². The molecule has 0 spiro atoms. The van der Waals surface area contributed by atoms with E-state index in [9.17, 15) is 9.59 Å². The van der Waals surface area contributed by atoms with E-state index in [1.54, 1.807) is 12.1 Å². The molecule has 1 fully saturated rings. The normalized spacial score (nSPS) is 19.5. The number of imide groups is 1. The molecule has 17 heavy (non-hydrogen) atoms. The molecule has 1 aromatic rings. The third kappa shape index (κ3) is 2.23. The fourth-order valence-electron chi connectivity index (χ4n) is 2.20. The van der Waals surface area contributed by atoms with Gasteiger partial charge in [-0.3, -0.25) is 14.5 Å². The van der Waals surface area contributed by atoms with Crippen molar-refractivity contribution in [3.8, 4) is 0 Å². The van der Waals surface area contributed by atoms with Crippen molar-refractivity contribution in [2.45, 2.75) is 33.1 Å². The molecule has 3 nitrogen and oxygen atoms in total. The summed E-state index contributed by atoms with van der Waals surface area (Å²) in [5, 5.41) is 0. The lowest BCUT2D eigenvalue weighted by Gasteiger charge is -2.36. The van der Waals surface area contributed by atoms with E-state index in [2.05, 4.69) is 0 Å². The summed E-state index contributed by atoms with van der Waals surface area (Å²) >= 11 is 0. The Labute approximate surface area is 101 Å². The Morgan fingerprint density at radius 3 is 2.12 bits per heavy atom. The molecule has 0 aromatic heterocycles. The minimum Gasteiger partial charge on any atom is -0.274 e. The van der Waals surface area contributed by atoms with Gasteiger partial charge in [0, 0.05) is 12.8 Å². The predicted octanol–water partition coefficient (Wildman–Crippen LogP) is 2.76. The van der Waals surface area contributed by atoms with E-state index >= 15 is 0 Å². The number of rotatable bonds is 2. The summed E-state index contributed by atoms with van der Waals surface area (Å²) in [6.07, 6.45) is 1.75. The maximum atomic E-state index is 12.1. The second-order valence-corrected chi connectivity index (χ2v) is 4.98. The molecular formula is C14H17NO2. The van der Waals surface area contributed by atoms with E-state index in [4.69, 9.17) is 0 Å². The number of piperidine rings is 1. The van der Waals surface area contributed by atoms with Crippen molar-refractivity contribution in [1.82, 2.24) is 0 Å². The summed E-state index contributed by atoms with van der Waals surface area (Å²) in [7, 11) is 0. The molecule has 0 N–H and O–H groups in total. The predicted molar refractivity (Wildman–Crippen MR) is 66.6 cm³/mol. The molecule has 1 heterocycles. The van der Waals surface area contributed by atoms with E-state index < -0.39 is 0 Å². The van der Waals surface area contributed by atoms with Crippen LogP contribution in [0.3, 0.4) is 0 Å². The van der Waals surface area contributed by atoms with Gasteiger partial charge in [0.15, 0.2) is 0 Å². The van der Waals surface area contributed by atoms with Gasteiger partial charge in [-0.1, -0.05) is 32.0 Å². The fraction of sp³-hybridized carbons (Fsp3) is 0.429. The number of amides is 2. The zero-order valence-corrected chi connectivity index (χ0v) is 10.3. The zero-order valence-electron chi connectivity index (χ0n) is 10.3. The number of anilines is 1. The van der Waals surface area contributed by atoms with Crippen LogP contribution < -0.4 is 4.90 Å². The van der Waals surface area contributed by atoms with Crippen LogP contribution >= 0.6 is 0 Å². The Kier molecular flexibility index (Phi) is 3.01. The molecule has 0 aliphatic carbocycles. The van der Waals surface area contributed by atoms with Crippen LogP contribution in [0.2, 0.25) is 0 Å². The first-order valence-corrected chi connectivity index (χ1v) is 5.96. The number of benzene rings is 1. The Morgan fingerprint density at radius 1 is 1.12 bits per heavy atom. The monoisotopic (exact) mass is 231 g/mol. The van der Waals surface area contributed by atoms with Crippen molar-refractivity contribution in [2.24, 2.45) is 5.41 Å². The Morgan fingerprint density at radius 2 is 1.65 bits per heavy atom. The summed E-state index contributed by atoms with van der Waals surface area (Å²) in [5.41, 5.74) is 0.514. The van der Waals surface area contributed by atoms with E-state index in [-0.39, 0.29) is 17.2 Å². The van der Waals surface area contributed by atoms with Gasteiger partial charge in [-0.2, -0.15) is 0 Å². The molecule has 3 heteroatoms. The van der Waals surface area contributed by atoms with E-state index in [1.807, 2.05) is 32.0 Å².